The lowest BCUT2D eigenvalue weighted by Crippen LogP contribution is -2.46. The molecule has 6 nitrogen and oxygen atoms in total. The van der Waals surface area contributed by atoms with E-state index in [0.29, 0.717) is 11.6 Å². The summed E-state index contributed by atoms with van der Waals surface area (Å²) in [5.41, 5.74) is 2.33. The van der Waals surface area contributed by atoms with Crippen molar-refractivity contribution in [2.45, 2.75) is 42.0 Å². The Kier molecular flexibility index (Phi) is 6.98. The highest BCUT2D eigenvalue weighted by molar-refractivity contribution is 7.96. The van der Waals surface area contributed by atoms with E-state index >= 15 is 0 Å². The molecule has 2 aliphatic heterocycles. The molecule has 2 aliphatic rings. The first-order chi connectivity index (χ1) is 15.2. The molecular formula is C23H29ClN2O4S2. The lowest BCUT2D eigenvalue weighted by atomic mass is 10.0. The lowest BCUT2D eigenvalue weighted by Gasteiger charge is -2.30. The molecule has 2 aromatic carbocycles. The fourth-order valence-corrected chi connectivity index (χ4v) is 9.52. The fraction of sp³-hybridized carbons (Fsp3) is 0.478. The van der Waals surface area contributed by atoms with Crippen molar-refractivity contribution in [3.63, 3.8) is 0 Å². The largest absolute Gasteiger partial charge is 0.310 e. The van der Waals surface area contributed by atoms with Gasteiger partial charge in [0.05, 0.1) is 21.7 Å². The number of halogens is 1. The van der Waals surface area contributed by atoms with Crippen molar-refractivity contribution in [3.8, 4) is 0 Å². The molecule has 0 aromatic heterocycles. The normalized spacial score (nSPS) is 24.6. The smallest absolute Gasteiger partial charge is 0.183 e. The zero-order valence-electron chi connectivity index (χ0n) is 18.1. The third-order valence-electron chi connectivity index (χ3n) is 6.46. The minimum absolute atomic E-state index is 0.0697. The maximum absolute atomic E-state index is 13.3. The molecule has 2 heterocycles. The number of rotatable bonds is 7. The van der Waals surface area contributed by atoms with E-state index in [9.17, 15) is 16.8 Å². The van der Waals surface area contributed by atoms with Crippen molar-refractivity contribution in [2.24, 2.45) is 0 Å². The molecule has 0 aliphatic carbocycles. The second-order valence-corrected chi connectivity index (χ2v) is 13.6. The molecule has 2 saturated heterocycles. The van der Waals surface area contributed by atoms with Crippen molar-refractivity contribution in [1.82, 2.24) is 10.2 Å². The van der Waals surface area contributed by atoms with Crippen molar-refractivity contribution < 1.29 is 16.8 Å². The molecule has 1 N–H and O–H groups in total. The Hall–Kier alpha value is -1.45. The van der Waals surface area contributed by atoms with Crippen molar-refractivity contribution >= 4 is 31.3 Å². The molecule has 0 radical (unpaired) electrons. The monoisotopic (exact) mass is 496 g/mol. The van der Waals surface area contributed by atoms with Gasteiger partial charge in [-0.15, -0.1) is 0 Å². The summed E-state index contributed by atoms with van der Waals surface area (Å²) in [4.78, 5) is 2.49. The number of nitrogens with one attached hydrogen (secondary N) is 1. The zero-order chi connectivity index (χ0) is 22.9. The van der Waals surface area contributed by atoms with E-state index in [1.807, 2.05) is 6.92 Å². The van der Waals surface area contributed by atoms with Crippen molar-refractivity contribution in [2.75, 3.05) is 31.1 Å². The maximum Gasteiger partial charge on any atom is 0.183 e. The summed E-state index contributed by atoms with van der Waals surface area (Å²) in [6, 6.07) is 13.7. The Bertz CT molecular complexity index is 1140. The number of hydrogen-bond acceptors (Lipinski definition) is 6. The Morgan fingerprint density at radius 2 is 1.66 bits per heavy atom. The minimum atomic E-state index is -3.83. The highest BCUT2D eigenvalue weighted by Crippen LogP contribution is 2.29. The quantitative estimate of drug-likeness (QED) is 0.634. The van der Waals surface area contributed by atoms with Crippen LogP contribution in [0, 0.1) is 6.92 Å². The molecule has 0 spiro atoms. The molecular weight excluding hydrogens is 468 g/mol. The number of benzene rings is 2. The molecule has 0 saturated carbocycles. The molecule has 0 amide bonds. The number of aryl methyl sites for hydroxylation is 1. The number of likely N-dealkylation sites (tertiary alicyclic amines) is 1. The summed E-state index contributed by atoms with van der Waals surface area (Å²) in [6.07, 6.45) is 2.27. The van der Waals surface area contributed by atoms with Crippen molar-refractivity contribution in [1.29, 1.82) is 0 Å². The van der Waals surface area contributed by atoms with Crippen LogP contribution in [0.2, 0.25) is 5.02 Å². The molecule has 32 heavy (non-hydrogen) atoms. The first kappa shape index (κ1) is 23.7. The van der Waals surface area contributed by atoms with Crippen LogP contribution < -0.4 is 5.32 Å². The van der Waals surface area contributed by atoms with Gasteiger partial charge in [0, 0.05) is 23.7 Å². The lowest BCUT2D eigenvalue weighted by molar-refractivity contribution is 0.234. The van der Waals surface area contributed by atoms with E-state index in [1.165, 1.54) is 29.8 Å². The third kappa shape index (κ3) is 5.20. The SMILES string of the molecule is Cc1ccc(C(CN[C@H]2CS(=O)(=O)C[C@@H]2S(=O)(=O)c2ccc(Cl)cc2)N2CCCC2)cc1. The molecule has 4 rings (SSSR count). The van der Waals surface area contributed by atoms with E-state index < -0.39 is 31.0 Å². The van der Waals surface area contributed by atoms with E-state index in [2.05, 4.69) is 34.5 Å². The second kappa shape index (κ2) is 9.43. The van der Waals surface area contributed by atoms with E-state index in [-0.39, 0.29) is 22.4 Å². The van der Waals surface area contributed by atoms with E-state index in [1.54, 1.807) is 0 Å². The minimum Gasteiger partial charge on any atom is -0.310 e. The number of hydrogen-bond donors (Lipinski definition) is 1. The molecule has 0 bridgehead atoms. The van der Waals surface area contributed by atoms with Gasteiger partial charge in [-0.1, -0.05) is 41.4 Å². The molecule has 2 aromatic rings. The molecule has 2 fully saturated rings. The predicted molar refractivity (Wildman–Crippen MR) is 128 cm³/mol. The second-order valence-electron chi connectivity index (χ2n) is 8.80. The summed E-state index contributed by atoms with van der Waals surface area (Å²) in [6.45, 7) is 4.50. The third-order valence-corrected chi connectivity index (χ3v) is 10.9. The Balaban J connectivity index is 1.57. The first-order valence-electron chi connectivity index (χ1n) is 10.9. The summed E-state index contributed by atoms with van der Waals surface area (Å²) in [7, 11) is -7.29. The standard InChI is InChI=1S/C23H29ClN2O4S2/c1-17-4-6-18(7-5-17)22(26-12-2-3-13-26)14-25-21-15-31(27,28)16-23(21)32(29,30)20-10-8-19(24)9-11-20/h4-11,21-23,25H,2-3,12-16H2,1H3/t21-,22?,23-/m0/s1. The summed E-state index contributed by atoms with van der Waals surface area (Å²) < 4.78 is 51.5. The van der Waals surface area contributed by atoms with Gasteiger partial charge in [-0.3, -0.25) is 4.90 Å². The van der Waals surface area contributed by atoms with Crippen LogP contribution in [0.15, 0.2) is 53.4 Å². The van der Waals surface area contributed by atoms with Gasteiger partial charge in [0.2, 0.25) is 0 Å². The van der Waals surface area contributed by atoms with Crippen LogP contribution in [0.4, 0.5) is 0 Å². The summed E-state index contributed by atoms with van der Waals surface area (Å²) >= 11 is 5.90. The van der Waals surface area contributed by atoms with Crippen LogP contribution in [-0.4, -0.2) is 64.2 Å². The van der Waals surface area contributed by atoms with Gasteiger partial charge in [-0.05, 0) is 62.7 Å². The first-order valence-corrected chi connectivity index (χ1v) is 14.6. The average Bonchev–Trinajstić information content (AvgIpc) is 3.38. The van der Waals surface area contributed by atoms with Crippen LogP contribution in [0.1, 0.15) is 30.0 Å². The average molecular weight is 497 g/mol. The van der Waals surface area contributed by atoms with Gasteiger partial charge >= 0.3 is 0 Å². The molecule has 3 atom stereocenters. The Morgan fingerprint density at radius 1 is 1.03 bits per heavy atom. The maximum atomic E-state index is 13.3. The van der Waals surface area contributed by atoms with Crippen LogP contribution in [-0.2, 0) is 19.7 Å². The van der Waals surface area contributed by atoms with E-state index in [0.717, 1.165) is 31.5 Å². The molecule has 9 heteroatoms. The predicted octanol–water partition coefficient (Wildman–Crippen LogP) is 3.01. The Morgan fingerprint density at radius 3 is 2.28 bits per heavy atom. The zero-order valence-corrected chi connectivity index (χ0v) is 20.5. The van der Waals surface area contributed by atoms with Crippen LogP contribution in [0.25, 0.3) is 0 Å². The van der Waals surface area contributed by atoms with Gasteiger partial charge in [-0.2, -0.15) is 0 Å². The number of sulfone groups is 2. The van der Waals surface area contributed by atoms with Crippen molar-refractivity contribution in [3.05, 3.63) is 64.7 Å². The van der Waals surface area contributed by atoms with Gasteiger partial charge < -0.3 is 5.32 Å². The highest BCUT2D eigenvalue weighted by Gasteiger charge is 2.46. The fourth-order valence-electron chi connectivity index (χ4n) is 4.67. The van der Waals surface area contributed by atoms with E-state index in [4.69, 9.17) is 11.6 Å². The van der Waals surface area contributed by atoms with Crippen LogP contribution >= 0.6 is 11.6 Å². The van der Waals surface area contributed by atoms with Gasteiger partial charge in [0.1, 0.15) is 0 Å². The van der Waals surface area contributed by atoms with Crippen LogP contribution in [0.3, 0.4) is 0 Å². The Labute approximate surface area is 195 Å². The topological polar surface area (TPSA) is 83.5 Å². The highest BCUT2D eigenvalue weighted by atomic mass is 35.5. The summed E-state index contributed by atoms with van der Waals surface area (Å²) in [5.74, 6) is -0.542. The van der Waals surface area contributed by atoms with Gasteiger partial charge in [0.15, 0.2) is 19.7 Å². The van der Waals surface area contributed by atoms with Crippen LogP contribution in [0.5, 0.6) is 0 Å². The molecule has 174 valence electrons. The number of nitrogens with zero attached hydrogens (tertiary/aromatic N) is 1. The van der Waals surface area contributed by atoms with Gasteiger partial charge in [0.25, 0.3) is 0 Å². The van der Waals surface area contributed by atoms with Gasteiger partial charge in [-0.25, -0.2) is 16.8 Å². The molecule has 1 unspecified atom stereocenters. The summed E-state index contributed by atoms with van der Waals surface area (Å²) in [5, 5.41) is 2.75.